The largest absolute Gasteiger partial charge is 0.396 e. The topological polar surface area (TPSA) is 62.5 Å². The van der Waals surface area contributed by atoms with Gasteiger partial charge in [0, 0.05) is 26.3 Å². The van der Waals surface area contributed by atoms with E-state index in [9.17, 15) is 4.79 Å². The number of anilines is 2. The number of hydrogen-bond acceptors (Lipinski definition) is 4. The van der Waals surface area contributed by atoms with Crippen LogP contribution in [0.5, 0.6) is 0 Å². The average molecular weight is 315 g/mol. The van der Waals surface area contributed by atoms with Crippen LogP contribution >= 0.6 is 15.9 Å². The number of nitrogens with zero attached hydrogens (tertiary/aromatic N) is 3. The van der Waals surface area contributed by atoms with E-state index in [4.69, 9.17) is 5.73 Å². The van der Waals surface area contributed by atoms with Crippen molar-refractivity contribution in [2.45, 2.75) is 13.8 Å². The van der Waals surface area contributed by atoms with Crippen LogP contribution in [0.25, 0.3) is 0 Å². The molecule has 0 aliphatic rings. The Balaban J connectivity index is 2.82. The summed E-state index contributed by atoms with van der Waals surface area (Å²) in [4.78, 5) is 19.6. The molecule has 5 nitrogen and oxygen atoms in total. The lowest BCUT2D eigenvalue weighted by atomic mass is 10.3. The molecule has 0 spiro atoms. The summed E-state index contributed by atoms with van der Waals surface area (Å²) in [6.07, 6.45) is 3.25. The monoisotopic (exact) mass is 314 g/mol. The number of halogens is 1. The van der Waals surface area contributed by atoms with E-state index in [1.807, 2.05) is 25.8 Å². The second-order valence-corrected chi connectivity index (χ2v) is 4.84. The minimum atomic E-state index is 0.0885. The number of carbonyl (C=O) groups excluding carboxylic acids is 1. The molecule has 0 aliphatic heterocycles. The third-order valence-electron chi connectivity index (χ3n) is 2.77. The van der Waals surface area contributed by atoms with Crippen LogP contribution < -0.4 is 10.6 Å². The third-order valence-corrected chi connectivity index (χ3v) is 3.35. The van der Waals surface area contributed by atoms with Gasteiger partial charge in [0.1, 0.15) is 0 Å². The number of pyridine rings is 1. The van der Waals surface area contributed by atoms with Crippen molar-refractivity contribution in [1.82, 2.24) is 9.88 Å². The highest BCUT2D eigenvalue weighted by atomic mass is 79.9. The van der Waals surface area contributed by atoms with E-state index in [0.29, 0.717) is 12.2 Å². The smallest absolute Gasteiger partial charge is 0.242 e. The Morgan fingerprint density at radius 2 is 2.00 bits per heavy atom. The highest BCUT2D eigenvalue weighted by molar-refractivity contribution is 9.10. The van der Waals surface area contributed by atoms with Crippen molar-refractivity contribution in [3.63, 3.8) is 0 Å². The van der Waals surface area contributed by atoms with E-state index in [0.717, 1.165) is 23.2 Å². The number of carbonyl (C=O) groups is 1. The molecule has 0 radical (unpaired) electrons. The summed E-state index contributed by atoms with van der Waals surface area (Å²) in [7, 11) is 1.85. The second kappa shape index (κ2) is 6.58. The SMILES string of the molecule is CCN(CC)C(=O)CN(C)c1c(N)cncc1Br. The van der Waals surface area contributed by atoms with Gasteiger partial charge in [-0.3, -0.25) is 9.78 Å². The van der Waals surface area contributed by atoms with Gasteiger partial charge in [-0.15, -0.1) is 0 Å². The standard InChI is InChI=1S/C12H19BrN4O/c1-4-17(5-2)11(18)8-16(3)12-9(13)6-15-7-10(12)14/h6-7H,4-5,8,14H2,1-3H3. The quantitative estimate of drug-likeness (QED) is 0.899. The minimum absolute atomic E-state index is 0.0885. The molecule has 0 saturated carbocycles. The van der Waals surface area contributed by atoms with Gasteiger partial charge in [0.2, 0.25) is 5.91 Å². The number of hydrogen-bond donors (Lipinski definition) is 1. The Morgan fingerprint density at radius 3 is 2.50 bits per heavy atom. The molecule has 0 unspecified atom stereocenters. The number of likely N-dealkylation sites (N-methyl/N-ethyl adjacent to an activating group) is 2. The lowest BCUT2D eigenvalue weighted by Crippen LogP contribution is -2.39. The molecule has 1 rings (SSSR count). The molecule has 0 saturated heterocycles. The molecule has 2 N–H and O–H groups in total. The van der Waals surface area contributed by atoms with Crippen molar-refractivity contribution < 1.29 is 4.79 Å². The first kappa shape index (κ1) is 14.8. The van der Waals surface area contributed by atoms with Crippen LogP contribution in [0.2, 0.25) is 0 Å². The highest BCUT2D eigenvalue weighted by Gasteiger charge is 2.16. The lowest BCUT2D eigenvalue weighted by Gasteiger charge is -2.25. The van der Waals surface area contributed by atoms with Gasteiger partial charge in [0.15, 0.2) is 0 Å². The molecule has 0 aliphatic carbocycles. The zero-order valence-corrected chi connectivity index (χ0v) is 12.6. The fourth-order valence-electron chi connectivity index (χ4n) is 1.80. The zero-order chi connectivity index (χ0) is 13.7. The molecular formula is C12H19BrN4O. The summed E-state index contributed by atoms with van der Waals surface area (Å²) < 4.78 is 0.789. The minimum Gasteiger partial charge on any atom is -0.396 e. The van der Waals surface area contributed by atoms with Crippen molar-refractivity contribution in [1.29, 1.82) is 0 Å². The van der Waals surface area contributed by atoms with Crippen molar-refractivity contribution in [3.8, 4) is 0 Å². The van der Waals surface area contributed by atoms with Crippen molar-refractivity contribution in [2.75, 3.05) is 37.3 Å². The fraction of sp³-hybridized carbons (Fsp3) is 0.500. The summed E-state index contributed by atoms with van der Waals surface area (Å²) in [5, 5.41) is 0. The van der Waals surface area contributed by atoms with E-state index in [2.05, 4.69) is 20.9 Å². The van der Waals surface area contributed by atoms with E-state index >= 15 is 0 Å². The molecule has 0 atom stereocenters. The third kappa shape index (κ3) is 3.35. The summed E-state index contributed by atoms with van der Waals surface area (Å²) >= 11 is 3.40. The second-order valence-electron chi connectivity index (χ2n) is 3.98. The van der Waals surface area contributed by atoms with Gasteiger partial charge < -0.3 is 15.5 Å². The predicted octanol–water partition coefficient (Wildman–Crippen LogP) is 1.73. The maximum absolute atomic E-state index is 12.0. The number of amides is 1. The Hall–Kier alpha value is -1.30. The number of nitrogens with two attached hydrogens (primary N) is 1. The van der Waals surface area contributed by atoms with Crippen LogP contribution in [0.1, 0.15) is 13.8 Å². The summed E-state index contributed by atoms with van der Waals surface area (Å²) in [6.45, 7) is 5.68. The van der Waals surface area contributed by atoms with E-state index in [1.54, 1.807) is 17.3 Å². The van der Waals surface area contributed by atoms with Crippen LogP contribution in [-0.4, -0.2) is 42.5 Å². The maximum Gasteiger partial charge on any atom is 0.242 e. The van der Waals surface area contributed by atoms with E-state index in [1.165, 1.54) is 0 Å². The van der Waals surface area contributed by atoms with Gasteiger partial charge in [-0.05, 0) is 29.8 Å². The fourth-order valence-corrected chi connectivity index (χ4v) is 2.45. The molecule has 100 valence electrons. The number of aromatic nitrogens is 1. The molecule has 1 aromatic rings. The normalized spacial score (nSPS) is 10.2. The molecule has 1 amide bonds. The first-order chi connectivity index (χ1) is 8.51. The molecule has 1 heterocycles. The summed E-state index contributed by atoms with van der Waals surface area (Å²) in [5.74, 6) is 0.0885. The van der Waals surface area contributed by atoms with Gasteiger partial charge in [-0.2, -0.15) is 0 Å². The highest BCUT2D eigenvalue weighted by Crippen LogP contribution is 2.30. The molecule has 6 heteroatoms. The van der Waals surface area contributed by atoms with Crippen LogP contribution in [0.4, 0.5) is 11.4 Å². The summed E-state index contributed by atoms with van der Waals surface area (Å²) in [6, 6.07) is 0. The maximum atomic E-state index is 12.0. The van der Waals surface area contributed by atoms with Gasteiger partial charge in [0.05, 0.1) is 28.6 Å². The number of rotatable bonds is 5. The molecule has 0 bridgehead atoms. The van der Waals surface area contributed by atoms with Gasteiger partial charge in [-0.1, -0.05) is 0 Å². The Kier molecular flexibility index (Phi) is 5.40. The van der Waals surface area contributed by atoms with Crippen molar-refractivity contribution in [2.24, 2.45) is 0 Å². The van der Waals surface area contributed by atoms with Gasteiger partial charge in [0.25, 0.3) is 0 Å². The van der Waals surface area contributed by atoms with E-state index in [-0.39, 0.29) is 5.91 Å². The first-order valence-electron chi connectivity index (χ1n) is 5.89. The average Bonchev–Trinajstić information content (AvgIpc) is 2.30. The van der Waals surface area contributed by atoms with Gasteiger partial charge >= 0.3 is 0 Å². The van der Waals surface area contributed by atoms with Crippen molar-refractivity contribution >= 4 is 33.2 Å². The Labute approximate surface area is 116 Å². The summed E-state index contributed by atoms with van der Waals surface area (Å²) in [5.41, 5.74) is 7.23. The van der Waals surface area contributed by atoms with Gasteiger partial charge in [-0.25, -0.2) is 0 Å². The molecule has 0 fully saturated rings. The number of nitrogen functional groups attached to an aromatic ring is 1. The molecule has 18 heavy (non-hydrogen) atoms. The van der Waals surface area contributed by atoms with Crippen LogP contribution in [0.3, 0.4) is 0 Å². The van der Waals surface area contributed by atoms with Crippen molar-refractivity contribution in [3.05, 3.63) is 16.9 Å². The van der Waals surface area contributed by atoms with E-state index < -0.39 is 0 Å². The molecular weight excluding hydrogens is 296 g/mol. The predicted molar refractivity (Wildman–Crippen MR) is 77.5 cm³/mol. The van der Waals surface area contributed by atoms with Crippen LogP contribution in [-0.2, 0) is 4.79 Å². The Bertz CT molecular complexity index is 400. The molecule has 1 aromatic heterocycles. The molecule has 0 aromatic carbocycles. The van der Waals surface area contributed by atoms with Crippen LogP contribution in [0.15, 0.2) is 16.9 Å². The zero-order valence-electron chi connectivity index (χ0n) is 11.0. The lowest BCUT2D eigenvalue weighted by molar-refractivity contribution is -0.129. The Morgan fingerprint density at radius 1 is 1.39 bits per heavy atom. The van der Waals surface area contributed by atoms with Crippen LogP contribution in [0, 0.1) is 0 Å². The first-order valence-corrected chi connectivity index (χ1v) is 6.68.